The predicted molar refractivity (Wildman–Crippen MR) is 83.5 cm³/mol. The van der Waals surface area contributed by atoms with E-state index >= 15 is 0 Å². The van der Waals surface area contributed by atoms with E-state index in [0.29, 0.717) is 5.69 Å². The van der Waals surface area contributed by atoms with Gasteiger partial charge >= 0.3 is 0 Å². The Bertz CT molecular complexity index is 784. The highest BCUT2D eigenvalue weighted by Gasteiger charge is 2.23. The molecule has 7 heteroatoms. The molecule has 116 valence electrons. The van der Waals surface area contributed by atoms with Crippen molar-refractivity contribution in [2.24, 2.45) is 0 Å². The highest BCUT2D eigenvalue weighted by atomic mass is 32.2. The molecular formula is C15H17N3O3S. The van der Waals surface area contributed by atoms with Crippen molar-refractivity contribution in [2.45, 2.75) is 30.9 Å². The molecule has 0 fully saturated rings. The Balaban J connectivity index is 2.35. The van der Waals surface area contributed by atoms with Crippen LogP contribution >= 0.6 is 0 Å². The first kappa shape index (κ1) is 16.1. The summed E-state index contributed by atoms with van der Waals surface area (Å²) >= 11 is 0. The second-order valence-electron chi connectivity index (χ2n) is 5.09. The molecule has 1 N–H and O–H groups in total. The summed E-state index contributed by atoms with van der Waals surface area (Å²) in [6.07, 6.45) is 2.83. The third-order valence-electron chi connectivity index (χ3n) is 3.08. The molecule has 1 amide bonds. The number of amides is 1. The van der Waals surface area contributed by atoms with Crippen LogP contribution in [-0.2, 0) is 9.84 Å². The van der Waals surface area contributed by atoms with E-state index in [-0.39, 0.29) is 16.3 Å². The topological polar surface area (TPSA) is 89.0 Å². The van der Waals surface area contributed by atoms with Crippen LogP contribution in [-0.4, -0.2) is 29.5 Å². The van der Waals surface area contributed by atoms with E-state index in [2.05, 4.69) is 15.3 Å². The Kier molecular flexibility index (Phi) is 4.56. The van der Waals surface area contributed by atoms with Gasteiger partial charge in [-0.15, -0.1) is 0 Å². The van der Waals surface area contributed by atoms with E-state index in [1.807, 2.05) is 0 Å². The first-order chi connectivity index (χ1) is 10.3. The number of rotatable bonds is 4. The van der Waals surface area contributed by atoms with Crippen molar-refractivity contribution >= 4 is 21.4 Å². The van der Waals surface area contributed by atoms with Gasteiger partial charge in [-0.2, -0.15) is 0 Å². The molecule has 22 heavy (non-hydrogen) atoms. The normalized spacial score (nSPS) is 11.5. The second-order valence-corrected chi connectivity index (χ2v) is 7.56. The van der Waals surface area contributed by atoms with E-state index in [9.17, 15) is 13.2 Å². The zero-order valence-corrected chi connectivity index (χ0v) is 13.4. The number of aryl methyl sites for hydroxylation is 1. The van der Waals surface area contributed by atoms with Crippen molar-refractivity contribution in [2.75, 3.05) is 5.32 Å². The van der Waals surface area contributed by atoms with E-state index < -0.39 is 21.0 Å². The molecule has 1 heterocycles. The molecule has 0 saturated carbocycles. The lowest BCUT2D eigenvalue weighted by Crippen LogP contribution is -2.19. The maximum atomic E-state index is 12.3. The number of para-hydroxylation sites is 1. The summed E-state index contributed by atoms with van der Waals surface area (Å²) in [5.74, 6) is -0.501. The Morgan fingerprint density at radius 2 is 1.82 bits per heavy atom. The number of hydrogen-bond acceptors (Lipinski definition) is 5. The number of carbonyl (C=O) groups is 1. The fraction of sp³-hybridized carbons (Fsp3) is 0.267. The first-order valence-electron chi connectivity index (χ1n) is 6.75. The molecule has 0 saturated heterocycles. The van der Waals surface area contributed by atoms with E-state index in [1.54, 1.807) is 39.0 Å². The maximum absolute atomic E-state index is 12.3. The third-order valence-corrected chi connectivity index (χ3v) is 5.29. The lowest BCUT2D eigenvalue weighted by molar-refractivity contribution is 0.102. The van der Waals surface area contributed by atoms with Crippen molar-refractivity contribution in [1.29, 1.82) is 0 Å². The van der Waals surface area contributed by atoms with E-state index in [4.69, 9.17) is 0 Å². The monoisotopic (exact) mass is 319 g/mol. The van der Waals surface area contributed by atoms with Crippen LogP contribution in [0.4, 0.5) is 5.69 Å². The van der Waals surface area contributed by atoms with Crippen LogP contribution in [0, 0.1) is 6.92 Å². The van der Waals surface area contributed by atoms with Crippen molar-refractivity contribution in [1.82, 2.24) is 9.97 Å². The van der Waals surface area contributed by atoms with Crippen LogP contribution in [0.3, 0.4) is 0 Å². The number of carbonyl (C=O) groups excluding carboxylic acids is 1. The molecule has 0 unspecified atom stereocenters. The van der Waals surface area contributed by atoms with Gasteiger partial charge in [-0.25, -0.2) is 13.4 Å². The highest BCUT2D eigenvalue weighted by molar-refractivity contribution is 7.92. The molecule has 2 rings (SSSR count). The molecule has 0 aliphatic carbocycles. The fourth-order valence-electron chi connectivity index (χ4n) is 1.77. The standard InChI is InChI=1S/C15H17N3O3S/c1-10(2)22(20,21)14-7-5-4-6-12(14)18-15(19)13-9-16-11(3)8-17-13/h4-10H,1-3H3,(H,18,19). The van der Waals surface area contributed by atoms with Gasteiger partial charge in [0.1, 0.15) is 5.69 Å². The summed E-state index contributed by atoms with van der Waals surface area (Å²) in [5, 5.41) is 2.01. The van der Waals surface area contributed by atoms with Crippen LogP contribution in [0.1, 0.15) is 30.0 Å². The van der Waals surface area contributed by atoms with Crippen LogP contribution in [0.25, 0.3) is 0 Å². The Morgan fingerprint density at radius 1 is 1.14 bits per heavy atom. The molecule has 0 radical (unpaired) electrons. The Hall–Kier alpha value is -2.28. The number of hydrogen-bond donors (Lipinski definition) is 1. The number of anilines is 1. The maximum Gasteiger partial charge on any atom is 0.275 e. The Morgan fingerprint density at radius 3 is 2.41 bits per heavy atom. The quantitative estimate of drug-likeness (QED) is 0.933. The summed E-state index contributed by atoms with van der Waals surface area (Å²) in [7, 11) is -3.49. The number of aromatic nitrogens is 2. The highest BCUT2D eigenvalue weighted by Crippen LogP contribution is 2.25. The third kappa shape index (κ3) is 3.30. The molecule has 0 atom stereocenters. The summed E-state index contributed by atoms with van der Waals surface area (Å²) < 4.78 is 24.7. The Labute approximate surface area is 129 Å². The van der Waals surface area contributed by atoms with E-state index in [0.717, 1.165) is 0 Å². The summed E-state index contributed by atoms with van der Waals surface area (Å²) in [6.45, 7) is 4.96. The molecule has 0 spiro atoms. The predicted octanol–water partition coefficient (Wildman–Crippen LogP) is 2.22. The number of nitrogens with one attached hydrogen (secondary N) is 1. The summed E-state index contributed by atoms with van der Waals surface area (Å²) in [5.41, 5.74) is 1.06. The molecule has 0 aliphatic heterocycles. The van der Waals surface area contributed by atoms with Gasteiger partial charge in [0.2, 0.25) is 0 Å². The lowest BCUT2D eigenvalue weighted by Gasteiger charge is -2.13. The minimum absolute atomic E-state index is 0.0958. The second kappa shape index (κ2) is 6.23. The van der Waals surface area contributed by atoms with Crippen molar-refractivity contribution < 1.29 is 13.2 Å². The van der Waals surface area contributed by atoms with Crippen molar-refractivity contribution in [3.8, 4) is 0 Å². The first-order valence-corrected chi connectivity index (χ1v) is 8.30. The van der Waals surface area contributed by atoms with Crippen LogP contribution in [0.15, 0.2) is 41.6 Å². The minimum Gasteiger partial charge on any atom is -0.319 e. The molecule has 6 nitrogen and oxygen atoms in total. The molecule has 0 aliphatic rings. The lowest BCUT2D eigenvalue weighted by atomic mass is 10.3. The molecule has 0 bridgehead atoms. The number of nitrogens with zero attached hydrogens (tertiary/aromatic N) is 2. The fourth-order valence-corrected chi connectivity index (χ4v) is 2.97. The minimum atomic E-state index is -3.49. The van der Waals surface area contributed by atoms with Gasteiger partial charge < -0.3 is 5.32 Å². The summed E-state index contributed by atoms with van der Waals surface area (Å²) in [6, 6.07) is 6.31. The largest absolute Gasteiger partial charge is 0.319 e. The van der Waals surface area contributed by atoms with E-state index in [1.165, 1.54) is 18.5 Å². The van der Waals surface area contributed by atoms with Gasteiger partial charge in [-0.3, -0.25) is 9.78 Å². The van der Waals surface area contributed by atoms with Gasteiger partial charge in [-0.05, 0) is 32.9 Å². The van der Waals surface area contributed by atoms with Gasteiger partial charge in [0.05, 0.1) is 27.7 Å². The van der Waals surface area contributed by atoms with Crippen LogP contribution < -0.4 is 5.32 Å². The van der Waals surface area contributed by atoms with Crippen LogP contribution in [0.2, 0.25) is 0 Å². The van der Waals surface area contributed by atoms with Crippen molar-refractivity contribution in [3.63, 3.8) is 0 Å². The zero-order valence-electron chi connectivity index (χ0n) is 12.6. The van der Waals surface area contributed by atoms with Gasteiger partial charge in [0, 0.05) is 6.20 Å². The van der Waals surface area contributed by atoms with Crippen LogP contribution in [0.5, 0.6) is 0 Å². The zero-order chi connectivity index (χ0) is 16.3. The SMILES string of the molecule is Cc1cnc(C(=O)Nc2ccccc2S(=O)(=O)C(C)C)cn1. The van der Waals surface area contributed by atoms with Gasteiger partial charge in [-0.1, -0.05) is 12.1 Å². The molecule has 1 aromatic carbocycles. The average Bonchev–Trinajstić information content (AvgIpc) is 2.48. The number of benzene rings is 1. The number of sulfone groups is 1. The smallest absolute Gasteiger partial charge is 0.275 e. The van der Waals surface area contributed by atoms with Gasteiger partial charge in [0.15, 0.2) is 9.84 Å². The average molecular weight is 319 g/mol. The summed E-state index contributed by atoms with van der Waals surface area (Å²) in [4.78, 5) is 20.2. The van der Waals surface area contributed by atoms with Gasteiger partial charge in [0.25, 0.3) is 5.91 Å². The molecular weight excluding hydrogens is 302 g/mol. The molecule has 2 aromatic rings. The van der Waals surface area contributed by atoms with Crippen molar-refractivity contribution in [3.05, 3.63) is 48.0 Å². The molecule has 1 aromatic heterocycles.